The first-order valence-electron chi connectivity index (χ1n) is 6.96. The molecule has 1 saturated heterocycles. The van der Waals surface area contributed by atoms with Crippen LogP contribution < -0.4 is 5.32 Å². The Kier molecular flexibility index (Phi) is 6.32. The van der Waals surface area contributed by atoms with Gasteiger partial charge in [-0.05, 0) is 25.3 Å². The van der Waals surface area contributed by atoms with Crippen molar-refractivity contribution in [3.8, 4) is 0 Å². The Bertz CT molecular complexity index is 213. The Hall–Kier alpha value is 0.270. The Morgan fingerprint density at radius 2 is 1.94 bits per heavy atom. The summed E-state index contributed by atoms with van der Waals surface area (Å²) in [5, 5.41) is 4.37. The van der Waals surface area contributed by atoms with Crippen molar-refractivity contribution < 1.29 is 0 Å². The maximum absolute atomic E-state index is 3.58. The van der Waals surface area contributed by atoms with Gasteiger partial charge in [0.25, 0.3) is 0 Å². The van der Waals surface area contributed by atoms with Gasteiger partial charge >= 0.3 is 0 Å². The molecule has 3 heteroatoms. The fourth-order valence-corrected chi connectivity index (χ4v) is 3.28. The van der Waals surface area contributed by atoms with E-state index in [1.807, 2.05) is 0 Å². The molecule has 0 aromatic rings. The molecule has 0 aliphatic carbocycles. The van der Waals surface area contributed by atoms with E-state index in [1.54, 1.807) is 0 Å². The molecule has 1 aliphatic rings. The number of nitrogens with one attached hydrogen (secondary N) is 1. The zero-order chi connectivity index (χ0) is 12.9. The van der Waals surface area contributed by atoms with Crippen molar-refractivity contribution in [2.45, 2.75) is 52.3 Å². The molecule has 17 heavy (non-hydrogen) atoms. The molecule has 0 aromatic carbocycles. The Balaban J connectivity index is 2.10. The molecule has 2 nitrogen and oxygen atoms in total. The molecular formula is C14H30N2S. The Morgan fingerprint density at radius 3 is 2.59 bits per heavy atom. The molecule has 102 valence electrons. The molecule has 0 aromatic heterocycles. The van der Waals surface area contributed by atoms with Gasteiger partial charge in [-0.2, -0.15) is 11.8 Å². The van der Waals surface area contributed by atoms with Gasteiger partial charge < -0.3 is 5.32 Å². The zero-order valence-electron chi connectivity index (χ0n) is 12.3. The van der Waals surface area contributed by atoms with E-state index in [0.29, 0.717) is 5.41 Å². The van der Waals surface area contributed by atoms with Crippen molar-refractivity contribution in [3.63, 3.8) is 0 Å². The van der Waals surface area contributed by atoms with Crippen molar-refractivity contribution in [2.75, 3.05) is 31.9 Å². The van der Waals surface area contributed by atoms with Crippen LogP contribution in [-0.2, 0) is 0 Å². The second kappa shape index (κ2) is 7.01. The van der Waals surface area contributed by atoms with Crippen molar-refractivity contribution in [2.24, 2.45) is 5.41 Å². The molecule has 1 fully saturated rings. The lowest BCUT2D eigenvalue weighted by Gasteiger charge is -2.37. The predicted octanol–water partition coefficient (Wildman–Crippen LogP) is 2.84. The van der Waals surface area contributed by atoms with Crippen molar-refractivity contribution in [1.29, 1.82) is 0 Å². The van der Waals surface area contributed by atoms with E-state index in [2.05, 4.69) is 56.6 Å². The maximum atomic E-state index is 3.58. The van der Waals surface area contributed by atoms with Gasteiger partial charge in [-0.1, -0.05) is 27.7 Å². The molecule has 1 rings (SSSR count). The van der Waals surface area contributed by atoms with Gasteiger partial charge in [-0.25, -0.2) is 0 Å². The van der Waals surface area contributed by atoms with Gasteiger partial charge in [-0.3, -0.25) is 4.90 Å². The first-order chi connectivity index (χ1) is 7.90. The van der Waals surface area contributed by atoms with E-state index in [1.165, 1.54) is 25.3 Å². The standard InChI is InChI=1S/C14H30N2S/c1-12-13(2)17-11-10-16(12)9-8-15-7-6-14(3,4)5/h12-13,15H,6-11H2,1-5H3. The lowest BCUT2D eigenvalue weighted by Crippen LogP contribution is -2.47. The second-order valence-electron chi connectivity index (χ2n) is 6.41. The molecule has 2 atom stereocenters. The maximum Gasteiger partial charge on any atom is 0.0184 e. The predicted molar refractivity (Wildman–Crippen MR) is 79.9 cm³/mol. The van der Waals surface area contributed by atoms with Crippen molar-refractivity contribution >= 4 is 11.8 Å². The first-order valence-corrected chi connectivity index (χ1v) is 8.01. The molecule has 1 aliphatic heterocycles. The summed E-state index contributed by atoms with van der Waals surface area (Å²) in [7, 11) is 0. The highest BCUT2D eigenvalue weighted by molar-refractivity contribution is 8.00. The largest absolute Gasteiger partial charge is 0.315 e. The smallest absolute Gasteiger partial charge is 0.0184 e. The summed E-state index contributed by atoms with van der Waals surface area (Å²) in [6, 6.07) is 0.734. The van der Waals surface area contributed by atoms with Gasteiger partial charge in [-0.15, -0.1) is 0 Å². The summed E-state index contributed by atoms with van der Waals surface area (Å²) in [6.45, 7) is 16.4. The van der Waals surface area contributed by atoms with Crippen LogP contribution in [0.2, 0.25) is 0 Å². The van der Waals surface area contributed by atoms with Crippen LogP contribution in [0.15, 0.2) is 0 Å². The van der Waals surface area contributed by atoms with E-state index in [-0.39, 0.29) is 0 Å². The SMILES string of the molecule is CC1SCCN(CCNCCC(C)(C)C)C1C. The normalized spacial score (nSPS) is 27.4. The van der Waals surface area contributed by atoms with Crippen LogP contribution in [0.3, 0.4) is 0 Å². The van der Waals surface area contributed by atoms with E-state index >= 15 is 0 Å². The summed E-state index contributed by atoms with van der Waals surface area (Å²) >= 11 is 2.11. The van der Waals surface area contributed by atoms with E-state index in [4.69, 9.17) is 0 Å². The highest BCUT2D eigenvalue weighted by atomic mass is 32.2. The van der Waals surface area contributed by atoms with Crippen molar-refractivity contribution in [3.05, 3.63) is 0 Å². The minimum absolute atomic E-state index is 0.455. The molecule has 0 radical (unpaired) electrons. The van der Waals surface area contributed by atoms with Gasteiger partial charge in [0, 0.05) is 36.7 Å². The summed E-state index contributed by atoms with van der Waals surface area (Å²) in [5.74, 6) is 1.30. The molecule has 0 saturated carbocycles. The van der Waals surface area contributed by atoms with Gasteiger partial charge in [0.2, 0.25) is 0 Å². The van der Waals surface area contributed by atoms with Gasteiger partial charge in [0.15, 0.2) is 0 Å². The van der Waals surface area contributed by atoms with Crippen LogP contribution in [0.25, 0.3) is 0 Å². The highest BCUT2D eigenvalue weighted by Gasteiger charge is 2.24. The lowest BCUT2D eigenvalue weighted by molar-refractivity contribution is 0.212. The topological polar surface area (TPSA) is 15.3 Å². The quantitative estimate of drug-likeness (QED) is 0.764. The second-order valence-corrected chi connectivity index (χ2v) is 7.90. The fraction of sp³-hybridized carbons (Fsp3) is 1.00. The molecule has 1 N–H and O–H groups in total. The van der Waals surface area contributed by atoms with Crippen LogP contribution >= 0.6 is 11.8 Å². The van der Waals surface area contributed by atoms with Crippen LogP contribution in [0, 0.1) is 5.41 Å². The van der Waals surface area contributed by atoms with Crippen LogP contribution in [0.1, 0.15) is 41.0 Å². The average Bonchev–Trinajstić information content (AvgIpc) is 2.22. The number of thioether (sulfide) groups is 1. The van der Waals surface area contributed by atoms with Gasteiger partial charge in [0.05, 0.1) is 0 Å². The molecule has 2 unspecified atom stereocenters. The third-order valence-electron chi connectivity index (χ3n) is 3.64. The van der Waals surface area contributed by atoms with Crippen LogP contribution in [0.4, 0.5) is 0 Å². The van der Waals surface area contributed by atoms with Gasteiger partial charge in [0.1, 0.15) is 0 Å². The number of hydrogen-bond donors (Lipinski definition) is 1. The Morgan fingerprint density at radius 1 is 1.24 bits per heavy atom. The van der Waals surface area contributed by atoms with E-state index in [0.717, 1.165) is 24.4 Å². The fourth-order valence-electron chi connectivity index (χ4n) is 2.12. The monoisotopic (exact) mass is 258 g/mol. The third kappa shape index (κ3) is 6.12. The molecule has 0 bridgehead atoms. The minimum atomic E-state index is 0.455. The molecule has 0 spiro atoms. The average molecular weight is 258 g/mol. The van der Waals surface area contributed by atoms with Crippen LogP contribution in [0.5, 0.6) is 0 Å². The number of nitrogens with zero attached hydrogens (tertiary/aromatic N) is 1. The lowest BCUT2D eigenvalue weighted by atomic mass is 9.92. The summed E-state index contributed by atoms with van der Waals surface area (Å²) < 4.78 is 0. The molecule has 0 amide bonds. The van der Waals surface area contributed by atoms with E-state index < -0.39 is 0 Å². The summed E-state index contributed by atoms with van der Waals surface area (Å²) in [5.41, 5.74) is 0.455. The number of hydrogen-bond acceptors (Lipinski definition) is 3. The summed E-state index contributed by atoms with van der Waals surface area (Å²) in [6.07, 6.45) is 1.26. The van der Waals surface area contributed by atoms with E-state index in [9.17, 15) is 0 Å². The van der Waals surface area contributed by atoms with Crippen LogP contribution in [-0.4, -0.2) is 48.1 Å². The molecular weight excluding hydrogens is 228 g/mol. The minimum Gasteiger partial charge on any atom is -0.315 e. The van der Waals surface area contributed by atoms with Crippen molar-refractivity contribution in [1.82, 2.24) is 10.2 Å². The summed E-state index contributed by atoms with van der Waals surface area (Å²) in [4.78, 5) is 2.63. The highest BCUT2D eigenvalue weighted by Crippen LogP contribution is 2.23. The third-order valence-corrected chi connectivity index (χ3v) is 4.98. The number of rotatable bonds is 5. The molecule has 1 heterocycles. The zero-order valence-corrected chi connectivity index (χ0v) is 13.1. The first kappa shape index (κ1) is 15.3. The Labute approximate surface area is 112 Å².